The largest absolute Gasteiger partial charge is 0.0895 e. The first-order chi connectivity index (χ1) is 5.77. The van der Waals surface area contributed by atoms with Crippen LogP contribution in [0, 0.1) is 10.8 Å². The van der Waals surface area contributed by atoms with Crippen molar-refractivity contribution in [1.82, 2.24) is 0 Å². The molecular formula is C12H23Cl. The van der Waals surface area contributed by atoms with Gasteiger partial charge in [0.25, 0.3) is 0 Å². The quantitative estimate of drug-likeness (QED) is 0.606. The Morgan fingerprint density at radius 1 is 1.15 bits per heavy atom. The summed E-state index contributed by atoms with van der Waals surface area (Å²) in [6, 6.07) is 0. The van der Waals surface area contributed by atoms with Crippen LogP contribution in [0.25, 0.3) is 0 Å². The fourth-order valence-corrected chi connectivity index (χ4v) is 1.54. The van der Waals surface area contributed by atoms with Gasteiger partial charge in [0.2, 0.25) is 0 Å². The van der Waals surface area contributed by atoms with E-state index in [1.807, 2.05) is 0 Å². The molecular weight excluding hydrogens is 180 g/mol. The maximum absolute atomic E-state index is 6.10. The molecule has 0 spiro atoms. The third-order valence-corrected chi connectivity index (χ3v) is 3.64. The van der Waals surface area contributed by atoms with Gasteiger partial charge in [0, 0.05) is 5.03 Å². The molecule has 0 heterocycles. The van der Waals surface area contributed by atoms with E-state index < -0.39 is 0 Å². The summed E-state index contributed by atoms with van der Waals surface area (Å²) >= 11 is 6.10. The first-order valence-electron chi connectivity index (χ1n) is 5.14. The summed E-state index contributed by atoms with van der Waals surface area (Å²) in [5.74, 6) is 0. The molecule has 1 heteroatoms. The zero-order chi connectivity index (χ0) is 10.7. The van der Waals surface area contributed by atoms with Crippen LogP contribution in [-0.4, -0.2) is 0 Å². The molecule has 0 aliphatic heterocycles. The van der Waals surface area contributed by atoms with E-state index in [-0.39, 0.29) is 10.8 Å². The molecule has 0 saturated heterocycles. The fourth-order valence-electron chi connectivity index (χ4n) is 1.30. The Kier molecular flexibility index (Phi) is 4.51. The molecule has 0 fully saturated rings. The number of rotatable bonds is 3. The minimum absolute atomic E-state index is 0.208. The van der Waals surface area contributed by atoms with Crippen LogP contribution in [0.4, 0.5) is 0 Å². The molecule has 0 saturated carbocycles. The van der Waals surface area contributed by atoms with E-state index >= 15 is 0 Å². The number of hydrogen-bond acceptors (Lipinski definition) is 0. The molecule has 0 rings (SSSR count). The second kappa shape index (κ2) is 4.50. The summed E-state index contributed by atoms with van der Waals surface area (Å²) in [7, 11) is 0. The van der Waals surface area contributed by atoms with E-state index in [1.54, 1.807) is 0 Å². The number of halogens is 1. The summed E-state index contributed by atoms with van der Waals surface area (Å²) < 4.78 is 0. The topological polar surface area (TPSA) is 0 Å². The van der Waals surface area contributed by atoms with Crippen molar-refractivity contribution in [2.45, 2.75) is 54.4 Å². The van der Waals surface area contributed by atoms with E-state index in [9.17, 15) is 0 Å². The van der Waals surface area contributed by atoms with Crippen molar-refractivity contribution in [3.8, 4) is 0 Å². The van der Waals surface area contributed by atoms with Gasteiger partial charge in [-0.05, 0) is 23.7 Å². The zero-order valence-electron chi connectivity index (χ0n) is 9.87. The molecule has 1 unspecified atom stereocenters. The van der Waals surface area contributed by atoms with Gasteiger partial charge < -0.3 is 0 Å². The van der Waals surface area contributed by atoms with Crippen molar-refractivity contribution in [1.29, 1.82) is 0 Å². The molecule has 0 amide bonds. The molecule has 13 heavy (non-hydrogen) atoms. The number of allylic oxidation sites excluding steroid dienone is 2. The molecule has 0 nitrogen and oxygen atoms in total. The third-order valence-electron chi connectivity index (χ3n) is 3.26. The van der Waals surface area contributed by atoms with Crippen LogP contribution >= 0.6 is 11.6 Å². The van der Waals surface area contributed by atoms with Crippen molar-refractivity contribution >= 4 is 11.6 Å². The lowest BCUT2D eigenvalue weighted by atomic mass is 9.66. The van der Waals surface area contributed by atoms with Crippen molar-refractivity contribution < 1.29 is 0 Å². The molecule has 0 aliphatic carbocycles. The van der Waals surface area contributed by atoms with Gasteiger partial charge in [0.15, 0.2) is 0 Å². The molecule has 0 aromatic heterocycles. The number of hydrogen-bond donors (Lipinski definition) is 0. The lowest BCUT2D eigenvalue weighted by Gasteiger charge is -2.39. The van der Waals surface area contributed by atoms with Crippen LogP contribution in [0.2, 0.25) is 0 Å². The predicted octanol–water partition coefficient (Wildman–Crippen LogP) is 4.98. The average Bonchev–Trinajstić information content (AvgIpc) is 2.02. The standard InChI is InChI=1S/C12H23Cl/c1-7-10(13)9-12(6,8-2)11(3,4)5/h9H,7-8H2,1-6H3/b10-9+. The normalized spacial score (nSPS) is 18.5. The van der Waals surface area contributed by atoms with E-state index in [0.29, 0.717) is 0 Å². The highest BCUT2D eigenvalue weighted by atomic mass is 35.5. The van der Waals surface area contributed by atoms with Gasteiger partial charge >= 0.3 is 0 Å². The Morgan fingerprint density at radius 2 is 1.62 bits per heavy atom. The zero-order valence-corrected chi connectivity index (χ0v) is 10.6. The van der Waals surface area contributed by atoms with Crippen LogP contribution < -0.4 is 0 Å². The van der Waals surface area contributed by atoms with Crippen LogP contribution in [-0.2, 0) is 0 Å². The lowest BCUT2D eigenvalue weighted by molar-refractivity contribution is 0.162. The van der Waals surface area contributed by atoms with Crippen LogP contribution in [0.3, 0.4) is 0 Å². The Labute approximate surface area is 88.4 Å². The highest BCUT2D eigenvalue weighted by Crippen LogP contribution is 2.43. The molecule has 78 valence electrons. The van der Waals surface area contributed by atoms with Gasteiger partial charge in [-0.25, -0.2) is 0 Å². The Balaban J connectivity index is 4.86. The van der Waals surface area contributed by atoms with E-state index in [1.165, 1.54) is 0 Å². The van der Waals surface area contributed by atoms with Gasteiger partial charge in [-0.3, -0.25) is 0 Å². The van der Waals surface area contributed by atoms with Crippen LogP contribution in [0.1, 0.15) is 54.4 Å². The minimum Gasteiger partial charge on any atom is -0.0895 e. The van der Waals surface area contributed by atoms with Crippen molar-refractivity contribution in [2.75, 3.05) is 0 Å². The second-order valence-electron chi connectivity index (χ2n) is 4.97. The molecule has 1 atom stereocenters. The molecule has 0 N–H and O–H groups in total. The van der Waals surface area contributed by atoms with E-state index in [0.717, 1.165) is 17.9 Å². The van der Waals surface area contributed by atoms with E-state index in [2.05, 4.69) is 47.6 Å². The smallest absolute Gasteiger partial charge is 0.0144 e. The Morgan fingerprint density at radius 3 is 1.85 bits per heavy atom. The van der Waals surface area contributed by atoms with Crippen molar-refractivity contribution in [2.24, 2.45) is 10.8 Å². The molecule has 0 aromatic rings. The molecule has 0 aromatic carbocycles. The second-order valence-corrected chi connectivity index (χ2v) is 5.45. The van der Waals surface area contributed by atoms with Crippen molar-refractivity contribution in [3.63, 3.8) is 0 Å². The maximum atomic E-state index is 6.10. The fraction of sp³-hybridized carbons (Fsp3) is 0.833. The van der Waals surface area contributed by atoms with Gasteiger partial charge in [-0.1, -0.05) is 59.2 Å². The summed E-state index contributed by atoms with van der Waals surface area (Å²) in [6.07, 6.45) is 4.30. The monoisotopic (exact) mass is 202 g/mol. The summed E-state index contributed by atoms with van der Waals surface area (Å²) in [6.45, 7) is 13.4. The predicted molar refractivity (Wildman–Crippen MR) is 62.1 cm³/mol. The summed E-state index contributed by atoms with van der Waals surface area (Å²) in [5.41, 5.74) is 0.483. The first-order valence-corrected chi connectivity index (χ1v) is 5.52. The lowest BCUT2D eigenvalue weighted by Crippen LogP contribution is -2.30. The Hall–Kier alpha value is 0.0300. The summed E-state index contributed by atoms with van der Waals surface area (Å²) in [4.78, 5) is 0. The van der Waals surface area contributed by atoms with Gasteiger partial charge in [0.1, 0.15) is 0 Å². The SMILES string of the molecule is CC/C(Cl)=C\C(C)(CC)C(C)(C)C. The third kappa shape index (κ3) is 3.34. The minimum atomic E-state index is 0.208. The summed E-state index contributed by atoms with van der Waals surface area (Å²) in [5, 5.41) is 0.985. The highest BCUT2D eigenvalue weighted by molar-refractivity contribution is 6.29. The van der Waals surface area contributed by atoms with Crippen molar-refractivity contribution in [3.05, 3.63) is 11.1 Å². The Bertz CT molecular complexity index is 186. The van der Waals surface area contributed by atoms with Gasteiger partial charge in [-0.2, -0.15) is 0 Å². The van der Waals surface area contributed by atoms with Gasteiger partial charge in [-0.15, -0.1) is 0 Å². The highest BCUT2D eigenvalue weighted by Gasteiger charge is 2.33. The average molecular weight is 203 g/mol. The van der Waals surface area contributed by atoms with E-state index in [4.69, 9.17) is 11.6 Å². The molecule has 0 bridgehead atoms. The molecule has 0 aliphatic rings. The van der Waals surface area contributed by atoms with Crippen LogP contribution in [0.5, 0.6) is 0 Å². The first kappa shape index (κ1) is 13.0. The molecule has 0 radical (unpaired) electrons. The van der Waals surface area contributed by atoms with Gasteiger partial charge in [0.05, 0.1) is 0 Å². The maximum Gasteiger partial charge on any atom is 0.0144 e. The van der Waals surface area contributed by atoms with Crippen LogP contribution in [0.15, 0.2) is 11.1 Å².